The molecule has 0 saturated carbocycles. The number of rotatable bonds is 7. The van der Waals surface area contributed by atoms with Crippen LogP contribution in [0.4, 0.5) is 0 Å². The van der Waals surface area contributed by atoms with Crippen molar-refractivity contribution in [3.05, 3.63) is 77.0 Å². The Morgan fingerprint density at radius 3 is 2.45 bits per heavy atom. The lowest BCUT2D eigenvalue weighted by molar-refractivity contribution is 0.799. The number of aliphatic imine (C=N–C) groups is 1. The molecule has 2 aromatic heterocycles. The zero-order valence-corrected chi connectivity index (χ0v) is 19.7. The van der Waals surface area contributed by atoms with E-state index in [0.717, 1.165) is 47.7 Å². The van der Waals surface area contributed by atoms with Crippen molar-refractivity contribution in [3.8, 4) is 5.82 Å². The molecular formula is C21H26ClIN6. The largest absolute Gasteiger partial charge is 0.357 e. The third kappa shape index (κ3) is 7.01. The number of pyridine rings is 1. The Morgan fingerprint density at radius 2 is 1.83 bits per heavy atom. The minimum absolute atomic E-state index is 0. The van der Waals surface area contributed by atoms with Crippen molar-refractivity contribution in [1.29, 1.82) is 0 Å². The van der Waals surface area contributed by atoms with E-state index in [9.17, 15) is 0 Å². The molecule has 0 spiro atoms. The van der Waals surface area contributed by atoms with Crippen LogP contribution in [-0.4, -0.2) is 33.6 Å². The van der Waals surface area contributed by atoms with Crippen LogP contribution < -0.4 is 10.6 Å². The van der Waals surface area contributed by atoms with Gasteiger partial charge in [-0.1, -0.05) is 29.8 Å². The summed E-state index contributed by atoms with van der Waals surface area (Å²) in [5.74, 6) is 2.57. The fourth-order valence-corrected chi connectivity index (χ4v) is 2.89. The van der Waals surface area contributed by atoms with E-state index < -0.39 is 0 Å². The molecule has 1 aromatic carbocycles. The molecule has 0 fully saturated rings. The molecule has 0 aliphatic carbocycles. The van der Waals surface area contributed by atoms with Crippen LogP contribution in [0.5, 0.6) is 0 Å². The van der Waals surface area contributed by atoms with Crippen molar-refractivity contribution in [1.82, 2.24) is 25.2 Å². The molecule has 0 radical (unpaired) electrons. The summed E-state index contributed by atoms with van der Waals surface area (Å²) in [6, 6.07) is 12.0. The van der Waals surface area contributed by atoms with Crippen LogP contribution in [0, 0.1) is 6.92 Å². The normalized spacial score (nSPS) is 11.1. The fraction of sp³-hybridized carbons (Fsp3) is 0.286. The molecule has 8 heteroatoms. The molecule has 0 saturated heterocycles. The third-order valence-corrected chi connectivity index (χ3v) is 4.52. The number of nitrogens with one attached hydrogen (secondary N) is 2. The first-order valence-corrected chi connectivity index (χ1v) is 9.75. The number of hydrogen-bond acceptors (Lipinski definition) is 3. The van der Waals surface area contributed by atoms with Gasteiger partial charge in [0.2, 0.25) is 0 Å². The Kier molecular flexibility index (Phi) is 9.40. The van der Waals surface area contributed by atoms with Crippen molar-refractivity contribution in [2.75, 3.05) is 13.1 Å². The maximum atomic E-state index is 5.93. The van der Waals surface area contributed by atoms with Gasteiger partial charge in [-0.3, -0.25) is 4.57 Å². The lowest BCUT2D eigenvalue weighted by atomic mass is 10.1. The fourth-order valence-electron chi connectivity index (χ4n) is 2.76. The summed E-state index contributed by atoms with van der Waals surface area (Å²) in [5, 5.41) is 7.40. The van der Waals surface area contributed by atoms with Gasteiger partial charge in [0, 0.05) is 36.7 Å². The molecule has 154 valence electrons. The number of aromatic nitrogens is 3. The first-order chi connectivity index (χ1) is 13.7. The van der Waals surface area contributed by atoms with Gasteiger partial charge in [0.25, 0.3) is 0 Å². The number of aryl methyl sites for hydroxylation is 1. The highest BCUT2D eigenvalue weighted by Crippen LogP contribution is 2.10. The molecule has 2 heterocycles. The zero-order chi connectivity index (χ0) is 19.8. The number of nitrogens with zero attached hydrogens (tertiary/aromatic N) is 4. The van der Waals surface area contributed by atoms with Gasteiger partial charge in [-0.25, -0.2) is 15.0 Å². The second-order valence-corrected chi connectivity index (χ2v) is 6.80. The zero-order valence-electron chi connectivity index (χ0n) is 16.6. The van der Waals surface area contributed by atoms with Gasteiger partial charge in [-0.2, -0.15) is 0 Å². The molecule has 0 unspecified atom stereocenters. The average molecular weight is 525 g/mol. The first-order valence-electron chi connectivity index (χ1n) is 9.37. The second kappa shape index (κ2) is 11.8. The number of benzene rings is 1. The Labute approximate surface area is 193 Å². The lowest BCUT2D eigenvalue weighted by Gasteiger charge is -2.11. The molecule has 29 heavy (non-hydrogen) atoms. The van der Waals surface area contributed by atoms with Gasteiger partial charge in [0.05, 0.1) is 6.54 Å². The smallest absolute Gasteiger partial charge is 0.191 e. The SMILES string of the molecule is CCNC(=NCc1ccc(-n2ccnc2C)nc1)NCCc1ccc(Cl)cc1.I. The van der Waals surface area contributed by atoms with Gasteiger partial charge >= 0.3 is 0 Å². The predicted octanol–water partition coefficient (Wildman–Crippen LogP) is 4.14. The van der Waals surface area contributed by atoms with E-state index in [2.05, 4.69) is 32.5 Å². The van der Waals surface area contributed by atoms with Crippen LogP contribution in [0.25, 0.3) is 5.82 Å². The summed E-state index contributed by atoms with van der Waals surface area (Å²) in [6.07, 6.45) is 6.44. The van der Waals surface area contributed by atoms with Crippen LogP contribution in [0.3, 0.4) is 0 Å². The Bertz CT molecular complexity index is 906. The third-order valence-electron chi connectivity index (χ3n) is 4.27. The maximum absolute atomic E-state index is 5.93. The number of guanidine groups is 1. The van der Waals surface area contributed by atoms with Gasteiger partial charge in [0.15, 0.2) is 5.96 Å². The molecule has 0 aliphatic heterocycles. The standard InChI is InChI=1S/C21H25ClN6.HI/c1-3-23-21(25-11-10-17-4-7-19(22)8-5-17)27-15-18-6-9-20(26-14-18)28-13-12-24-16(28)2;/h4-9,12-14H,3,10-11,15H2,1-2H3,(H2,23,25,27);1H. The molecule has 2 N–H and O–H groups in total. The van der Waals surface area contributed by atoms with Crippen LogP contribution in [0.15, 0.2) is 60.0 Å². The molecule has 0 bridgehead atoms. The summed E-state index contributed by atoms with van der Waals surface area (Å²) in [5.41, 5.74) is 2.29. The molecule has 0 atom stereocenters. The molecule has 6 nitrogen and oxygen atoms in total. The summed E-state index contributed by atoms with van der Waals surface area (Å²) in [7, 11) is 0. The lowest BCUT2D eigenvalue weighted by Crippen LogP contribution is -2.38. The highest BCUT2D eigenvalue weighted by molar-refractivity contribution is 14.0. The van der Waals surface area contributed by atoms with Crippen molar-refractivity contribution < 1.29 is 0 Å². The van der Waals surface area contributed by atoms with E-state index in [0.29, 0.717) is 6.54 Å². The van der Waals surface area contributed by atoms with Crippen LogP contribution in [-0.2, 0) is 13.0 Å². The van der Waals surface area contributed by atoms with E-state index in [1.807, 2.05) is 60.3 Å². The first kappa shape index (κ1) is 23.2. The van der Waals surface area contributed by atoms with Gasteiger partial charge < -0.3 is 10.6 Å². The van der Waals surface area contributed by atoms with Crippen molar-refractivity contribution >= 4 is 41.5 Å². The van der Waals surface area contributed by atoms with E-state index >= 15 is 0 Å². The van der Waals surface area contributed by atoms with Crippen LogP contribution >= 0.6 is 35.6 Å². The summed E-state index contributed by atoms with van der Waals surface area (Å²) in [4.78, 5) is 13.4. The molecule has 0 aliphatic rings. The van der Waals surface area contributed by atoms with E-state index in [1.165, 1.54) is 5.56 Å². The molecule has 3 aromatic rings. The van der Waals surface area contributed by atoms with E-state index in [-0.39, 0.29) is 24.0 Å². The summed E-state index contributed by atoms with van der Waals surface area (Å²) >= 11 is 5.93. The Hall–Kier alpha value is -2.13. The summed E-state index contributed by atoms with van der Waals surface area (Å²) in [6.45, 7) is 6.18. The van der Waals surface area contributed by atoms with E-state index in [1.54, 1.807) is 6.20 Å². The van der Waals surface area contributed by atoms with Crippen LogP contribution in [0.2, 0.25) is 5.02 Å². The van der Waals surface area contributed by atoms with E-state index in [4.69, 9.17) is 11.6 Å². The van der Waals surface area contributed by atoms with Crippen molar-refractivity contribution in [3.63, 3.8) is 0 Å². The average Bonchev–Trinajstić information content (AvgIpc) is 3.14. The number of hydrogen-bond donors (Lipinski definition) is 2. The minimum Gasteiger partial charge on any atom is -0.357 e. The molecule has 3 rings (SSSR count). The second-order valence-electron chi connectivity index (χ2n) is 6.37. The Morgan fingerprint density at radius 1 is 1.07 bits per heavy atom. The maximum Gasteiger partial charge on any atom is 0.191 e. The van der Waals surface area contributed by atoms with Crippen LogP contribution in [0.1, 0.15) is 23.9 Å². The minimum atomic E-state index is 0. The highest BCUT2D eigenvalue weighted by atomic mass is 127. The van der Waals surface area contributed by atoms with Crippen molar-refractivity contribution in [2.24, 2.45) is 4.99 Å². The molecular weight excluding hydrogens is 499 g/mol. The predicted molar refractivity (Wildman–Crippen MR) is 129 cm³/mol. The quantitative estimate of drug-likeness (QED) is 0.277. The topological polar surface area (TPSA) is 67.1 Å². The number of halogens is 2. The van der Waals surface area contributed by atoms with Gasteiger partial charge in [0.1, 0.15) is 11.6 Å². The highest BCUT2D eigenvalue weighted by Gasteiger charge is 2.03. The van der Waals surface area contributed by atoms with Crippen molar-refractivity contribution in [2.45, 2.75) is 26.8 Å². The Balaban J connectivity index is 0.00000300. The number of imidazole rings is 1. The summed E-state index contributed by atoms with van der Waals surface area (Å²) < 4.78 is 1.95. The van der Waals surface area contributed by atoms with Gasteiger partial charge in [-0.05, 0) is 49.6 Å². The monoisotopic (exact) mass is 524 g/mol. The molecule has 0 amide bonds. The van der Waals surface area contributed by atoms with Gasteiger partial charge in [-0.15, -0.1) is 24.0 Å².